The molecule has 1 unspecified atom stereocenters. The lowest BCUT2D eigenvalue weighted by molar-refractivity contribution is -0.135. The van der Waals surface area contributed by atoms with Gasteiger partial charge in [0.25, 0.3) is 0 Å². The van der Waals surface area contributed by atoms with Crippen LogP contribution in [0.3, 0.4) is 0 Å². The fourth-order valence-electron chi connectivity index (χ4n) is 3.36. The fourth-order valence-corrected chi connectivity index (χ4v) is 3.59. The number of alkyl halides is 2. The van der Waals surface area contributed by atoms with Gasteiger partial charge >= 0.3 is 6.61 Å². The molecule has 2 aromatic carbocycles. The van der Waals surface area contributed by atoms with E-state index in [0.717, 1.165) is 0 Å². The number of para-hydroxylation sites is 1. The largest absolute Gasteiger partial charge is 0.493 e. The zero-order valence-electron chi connectivity index (χ0n) is 16.7. The summed E-state index contributed by atoms with van der Waals surface area (Å²) in [5, 5.41) is 2.70. The average Bonchev–Trinajstić information content (AvgIpc) is 2.76. The first-order valence-electron chi connectivity index (χ1n) is 9.93. The van der Waals surface area contributed by atoms with Gasteiger partial charge in [0.1, 0.15) is 11.5 Å². The molecule has 1 N–H and O–H groups in total. The molecule has 3 rings (SSSR count). The number of likely N-dealkylation sites (tertiary alicyclic amines) is 1. The van der Waals surface area contributed by atoms with Gasteiger partial charge in [-0.1, -0.05) is 29.8 Å². The first-order chi connectivity index (χ1) is 14.9. The Labute approximate surface area is 184 Å². The molecule has 0 saturated carbocycles. The number of benzene rings is 2. The predicted octanol–water partition coefficient (Wildman–Crippen LogP) is 4.59. The predicted molar refractivity (Wildman–Crippen MR) is 113 cm³/mol. The summed E-state index contributed by atoms with van der Waals surface area (Å²) in [7, 11) is 0. The molecule has 1 aliphatic heterocycles. The van der Waals surface area contributed by atoms with Crippen LogP contribution in [0, 0.1) is 5.92 Å². The number of piperidine rings is 1. The van der Waals surface area contributed by atoms with Crippen LogP contribution in [-0.2, 0) is 9.59 Å². The molecule has 31 heavy (non-hydrogen) atoms. The summed E-state index contributed by atoms with van der Waals surface area (Å²) in [6, 6.07) is 13.3. The van der Waals surface area contributed by atoms with Gasteiger partial charge in [-0.2, -0.15) is 8.78 Å². The second kappa shape index (κ2) is 10.9. The van der Waals surface area contributed by atoms with Crippen LogP contribution in [0.2, 0.25) is 5.02 Å². The van der Waals surface area contributed by atoms with Crippen LogP contribution in [0.4, 0.5) is 14.5 Å². The van der Waals surface area contributed by atoms with E-state index in [-0.39, 0.29) is 41.5 Å². The van der Waals surface area contributed by atoms with E-state index in [1.807, 2.05) is 30.3 Å². The van der Waals surface area contributed by atoms with Crippen molar-refractivity contribution in [2.45, 2.75) is 25.9 Å². The van der Waals surface area contributed by atoms with Crippen molar-refractivity contribution in [2.75, 3.05) is 25.0 Å². The van der Waals surface area contributed by atoms with Crippen molar-refractivity contribution in [1.82, 2.24) is 4.90 Å². The second-order valence-electron chi connectivity index (χ2n) is 7.10. The van der Waals surface area contributed by atoms with Gasteiger partial charge in [-0.15, -0.1) is 0 Å². The molecule has 0 spiro atoms. The lowest BCUT2D eigenvalue weighted by atomic mass is 9.96. The van der Waals surface area contributed by atoms with E-state index in [1.165, 1.54) is 18.2 Å². The molecule has 1 aliphatic rings. The first kappa shape index (κ1) is 22.8. The van der Waals surface area contributed by atoms with Crippen LogP contribution < -0.4 is 14.8 Å². The van der Waals surface area contributed by atoms with Crippen molar-refractivity contribution in [3.63, 3.8) is 0 Å². The fraction of sp³-hybridized carbons (Fsp3) is 0.364. The van der Waals surface area contributed by atoms with E-state index in [1.54, 1.807) is 4.90 Å². The number of carbonyl (C=O) groups is 2. The minimum atomic E-state index is -2.98. The topological polar surface area (TPSA) is 67.9 Å². The summed E-state index contributed by atoms with van der Waals surface area (Å²) in [5.74, 6) is -0.151. The van der Waals surface area contributed by atoms with Crippen LogP contribution in [0.25, 0.3) is 0 Å². The van der Waals surface area contributed by atoms with Gasteiger partial charge in [0.05, 0.1) is 24.0 Å². The van der Waals surface area contributed by atoms with E-state index < -0.39 is 6.61 Å². The molecule has 1 heterocycles. The maximum absolute atomic E-state index is 12.6. The lowest BCUT2D eigenvalue weighted by Crippen LogP contribution is -2.44. The normalized spacial score (nSPS) is 16.1. The maximum atomic E-state index is 12.6. The number of amides is 2. The van der Waals surface area contributed by atoms with Gasteiger partial charge in [0, 0.05) is 18.8 Å². The number of hydrogen-bond acceptors (Lipinski definition) is 4. The van der Waals surface area contributed by atoms with Gasteiger partial charge in [0.2, 0.25) is 11.8 Å². The smallest absolute Gasteiger partial charge is 0.387 e. The van der Waals surface area contributed by atoms with Crippen molar-refractivity contribution in [3.8, 4) is 11.5 Å². The zero-order valence-corrected chi connectivity index (χ0v) is 17.5. The Balaban J connectivity index is 1.49. The van der Waals surface area contributed by atoms with Gasteiger partial charge in [-0.05, 0) is 43.2 Å². The Bertz CT molecular complexity index is 898. The molecule has 2 amide bonds. The Kier molecular flexibility index (Phi) is 8.06. The van der Waals surface area contributed by atoms with Crippen LogP contribution >= 0.6 is 11.6 Å². The number of halogens is 3. The number of hydrogen-bond donors (Lipinski definition) is 1. The van der Waals surface area contributed by atoms with E-state index in [2.05, 4.69) is 10.1 Å². The Hall–Kier alpha value is -2.87. The molecule has 6 nitrogen and oxygen atoms in total. The van der Waals surface area contributed by atoms with Crippen LogP contribution in [0.5, 0.6) is 11.5 Å². The highest BCUT2D eigenvalue weighted by Crippen LogP contribution is 2.29. The summed E-state index contributed by atoms with van der Waals surface area (Å²) in [6.45, 7) is -1.81. The van der Waals surface area contributed by atoms with Crippen molar-refractivity contribution in [3.05, 3.63) is 53.6 Å². The molecular weight excluding hydrogens is 430 g/mol. The van der Waals surface area contributed by atoms with E-state index in [9.17, 15) is 18.4 Å². The van der Waals surface area contributed by atoms with Crippen molar-refractivity contribution >= 4 is 29.1 Å². The molecule has 2 aromatic rings. The number of ether oxygens (including phenoxy) is 2. The van der Waals surface area contributed by atoms with Gasteiger partial charge < -0.3 is 19.7 Å². The third kappa shape index (κ3) is 6.82. The number of nitrogens with one attached hydrogen (secondary N) is 1. The molecule has 0 bridgehead atoms. The van der Waals surface area contributed by atoms with Crippen LogP contribution in [0.15, 0.2) is 48.5 Å². The Morgan fingerprint density at radius 2 is 1.97 bits per heavy atom. The highest BCUT2D eigenvalue weighted by molar-refractivity contribution is 6.32. The summed E-state index contributed by atoms with van der Waals surface area (Å²) in [4.78, 5) is 26.8. The second-order valence-corrected chi connectivity index (χ2v) is 7.51. The molecule has 1 atom stereocenters. The number of rotatable bonds is 8. The third-order valence-electron chi connectivity index (χ3n) is 4.89. The summed E-state index contributed by atoms with van der Waals surface area (Å²) < 4.78 is 34.5. The highest BCUT2D eigenvalue weighted by atomic mass is 35.5. The van der Waals surface area contributed by atoms with E-state index in [0.29, 0.717) is 37.4 Å². The molecular formula is C22H23ClF2N2O4. The maximum Gasteiger partial charge on any atom is 0.387 e. The van der Waals surface area contributed by atoms with Gasteiger partial charge in [0.15, 0.2) is 0 Å². The SMILES string of the molecule is O=C(Nc1ccc(OC(F)F)c(Cl)c1)C1CCCN(C(=O)CCOc2ccccc2)C1. The van der Waals surface area contributed by atoms with Gasteiger partial charge in [-0.25, -0.2) is 0 Å². The molecule has 0 aliphatic carbocycles. The molecule has 1 saturated heterocycles. The number of carbonyl (C=O) groups excluding carboxylic acids is 2. The third-order valence-corrected chi connectivity index (χ3v) is 5.18. The standard InChI is InChI=1S/C22H23ClF2N2O4/c23-18-13-16(8-9-19(18)31-22(24)25)26-21(29)15-5-4-11-27(14-15)20(28)10-12-30-17-6-2-1-3-7-17/h1-3,6-9,13,15,22H,4-5,10-12,14H2,(H,26,29). The number of anilines is 1. The lowest BCUT2D eigenvalue weighted by Gasteiger charge is -2.32. The van der Waals surface area contributed by atoms with Crippen molar-refractivity contribution in [2.24, 2.45) is 5.92 Å². The molecule has 0 aromatic heterocycles. The quantitative estimate of drug-likeness (QED) is 0.636. The first-order valence-corrected chi connectivity index (χ1v) is 10.3. The molecule has 9 heteroatoms. The minimum absolute atomic E-state index is 0.0306. The molecule has 1 fully saturated rings. The minimum Gasteiger partial charge on any atom is -0.493 e. The van der Waals surface area contributed by atoms with E-state index in [4.69, 9.17) is 16.3 Å². The summed E-state index contributed by atoms with van der Waals surface area (Å²) in [6.07, 6.45) is 1.59. The molecule has 166 valence electrons. The Morgan fingerprint density at radius 3 is 2.68 bits per heavy atom. The zero-order chi connectivity index (χ0) is 22.2. The van der Waals surface area contributed by atoms with Crippen LogP contribution in [0.1, 0.15) is 19.3 Å². The Morgan fingerprint density at radius 1 is 1.19 bits per heavy atom. The monoisotopic (exact) mass is 452 g/mol. The average molecular weight is 453 g/mol. The van der Waals surface area contributed by atoms with Crippen LogP contribution in [-0.4, -0.2) is 43.0 Å². The highest BCUT2D eigenvalue weighted by Gasteiger charge is 2.28. The van der Waals surface area contributed by atoms with Crippen molar-refractivity contribution < 1.29 is 27.8 Å². The number of nitrogens with zero attached hydrogens (tertiary/aromatic N) is 1. The summed E-state index contributed by atoms with van der Waals surface area (Å²) >= 11 is 5.93. The van der Waals surface area contributed by atoms with Gasteiger partial charge in [-0.3, -0.25) is 9.59 Å². The van der Waals surface area contributed by atoms with Crippen molar-refractivity contribution in [1.29, 1.82) is 0 Å². The molecule has 0 radical (unpaired) electrons. The summed E-state index contributed by atoms with van der Waals surface area (Å²) in [5.41, 5.74) is 0.372. The van der Waals surface area contributed by atoms with E-state index >= 15 is 0 Å².